The van der Waals surface area contributed by atoms with E-state index < -0.39 is 11.6 Å². The van der Waals surface area contributed by atoms with E-state index in [0.717, 1.165) is 22.1 Å². The average molecular weight is 442 g/mol. The van der Waals surface area contributed by atoms with Crippen LogP contribution in [0.3, 0.4) is 0 Å². The number of methoxy groups -OCH3 is 1. The van der Waals surface area contributed by atoms with Crippen molar-refractivity contribution < 1.29 is 23.4 Å². The fourth-order valence-corrected chi connectivity index (χ4v) is 3.32. The highest BCUT2D eigenvalue weighted by Crippen LogP contribution is 2.29. The van der Waals surface area contributed by atoms with Crippen molar-refractivity contribution in [1.29, 1.82) is 0 Å². The molecule has 0 saturated carbocycles. The molecule has 6 heteroatoms. The summed E-state index contributed by atoms with van der Waals surface area (Å²) in [5, 5.41) is 0.802. The number of benzene rings is 3. The fraction of sp³-hybridized carbons (Fsp3) is 0.111. The van der Waals surface area contributed by atoms with Crippen LogP contribution in [0.15, 0.2) is 82.0 Å². The minimum absolute atomic E-state index is 0.295. The SMILES string of the molecule is COc1cc(/C=C/c2ccccc2)ccc1OC(=O)COc1ccc2c(C)cc(=O)oc2c1. The van der Waals surface area contributed by atoms with Crippen LogP contribution < -0.4 is 19.8 Å². The highest BCUT2D eigenvalue weighted by molar-refractivity contribution is 5.81. The largest absolute Gasteiger partial charge is 0.493 e. The van der Waals surface area contributed by atoms with Crippen LogP contribution in [0.5, 0.6) is 17.2 Å². The van der Waals surface area contributed by atoms with E-state index in [2.05, 4.69) is 0 Å². The Labute approximate surface area is 190 Å². The van der Waals surface area contributed by atoms with Crippen LogP contribution >= 0.6 is 0 Å². The number of rotatable bonds is 7. The molecular formula is C27H22O6. The zero-order chi connectivity index (χ0) is 23.2. The molecule has 3 aromatic carbocycles. The van der Waals surface area contributed by atoms with E-state index in [1.807, 2.05) is 55.5 Å². The second kappa shape index (κ2) is 9.87. The summed E-state index contributed by atoms with van der Waals surface area (Å²) in [6.45, 7) is 1.51. The molecular weight excluding hydrogens is 420 g/mol. The quantitative estimate of drug-likeness (QED) is 0.168. The van der Waals surface area contributed by atoms with Crippen LogP contribution in [0.25, 0.3) is 23.1 Å². The van der Waals surface area contributed by atoms with Gasteiger partial charge in [-0.2, -0.15) is 0 Å². The lowest BCUT2D eigenvalue weighted by Crippen LogP contribution is -2.18. The zero-order valence-electron chi connectivity index (χ0n) is 18.2. The van der Waals surface area contributed by atoms with Crippen LogP contribution in [0.4, 0.5) is 0 Å². The topological polar surface area (TPSA) is 75.0 Å². The Bertz CT molecular complexity index is 1370. The van der Waals surface area contributed by atoms with E-state index in [4.69, 9.17) is 18.6 Å². The smallest absolute Gasteiger partial charge is 0.349 e. The molecule has 0 radical (unpaired) electrons. The molecule has 0 saturated heterocycles. The van der Waals surface area contributed by atoms with Crippen LogP contribution in [0.1, 0.15) is 16.7 Å². The summed E-state index contributed by atoms with van der Waals surface area (Å²) in [6.07, 6.45) is 3.94. The van der Waals surface area contributed by atoms with Gasteiger partial charge in [-0.3, -0.25) is 0 Å². The Morgan fingerprint density at radius 2 is 1.70 bits per heavy atom. The van der Waals surface area contributed by atoms with Gasteiger partial charge in [0, 0.05) is 17.5 Å². The van der Waals surface area contributed by atoms with E-state index in [9.17, 15) is 9.59 Å². The van der Waals surface area contributed by atoms with Crippen molar-refractivity contribution in [2.45, 2.75) is 6.92 Å². The summed E-state index contributed by atoms with van der Waals surface area (Å²) in [6, 6.07) is 21.7. The second-order valence-corrected chi connectivity index (χ2v) is 7.32. The molecule has 1 heterocycles. The summed E-state index contributed by atoms with van der Waals surface area (Å²) in [5.74, 6) is 0.526. The summed E-state index contributed by atoms with van der Waals surface area (Å²) in [5.41, 5.74) is 2.74. The molecule has 0 atom stereocenters. The van der Waals surface area contributed by atoms with E-state index in [-0.39, 0.29) is 6.61 Å². The lowest BCUT2D eigenvalue weighted by Gasteiger charge is -2.11. The molecule has 166 valence electrons. The molecule has 33 heavy (non-hydrogen) atoms. The summed E-state index contributed by atoms with van der Waals surface area (Å²) in [4.78, 5) is 23.9. The average Bonchev–Trinajstić information content (AvgIpc) is 2.82. The summed E-state index contributed by atoms with van der Waals surface area (Å²) >= 11 is 0. The van der Waals surface area contributed by atoms with Gasteiger partial charge in [0.2, 0.25) is 0 Å². The molecule has 0 N–H and O–H groups in total. The molecule has 6 nitrogen and oxygen atoms in total. The molecule has 0 unspecified atom stereocenters. The van der Waals surface area contributed by atoms with Gasteiger partial charge < -0.3 is 18.6 Å². The van der Waals surface area contributed by atoms with Gasteiger partial charge in [-0.05, 0) is 47.9 Å². The number of esters is 1. The monoisotopic (exact) mass is 442 g/mol. The Morgan fingerprint density at radius 3 is 2.48 bits per heavy atom. The Morgan fingerprint density at radius 1 is 0.909 bits per heavy atom. The molecule has 0 aliphatic carbocycles. The third-order valence-corrected chi connectivity index (χ3v) is 4.96. The van der Waals surface area contributed by atoms with Crippen LogP contribution in [0, 0.1) is 6.92 Å². The molecule has 0 bridgehead atoms. The summed E-state index contributed by atoms with van der Waals surface area (Å²) < 4.78 is 21.5. The Balaban J connectivity index is 1.41. The first-order valence-electron chi connectivity index (χ1n) is 10.3. The molecule has 4 aromatic rings. The van der Waals surface area contributed by atoms with Crippen molar-refractivity contribution in [1.82, 2.24) is 0 Å². The van der Waals surface area contributed by atoms with Gasteiger partial charge in [0.1, 0.15) is 11.3 Å². The predicted octanol–water partition coefficient (Wildman–Crippen LogP) is 5.26. The van der Waals surface area contributed by atoms with Gasteiger partial charge in [0.25, 0.3) is 0 Å². The molecule has 4 rings (SSSR count). The third kappa shape index (κ3) is 5.49. The normalized spacial score (nSPS) is 11.0. The van der Waals surface area contributed by atoms with Crippen LogP contribution in [0.2, 0.25) is 0 Å². The first-order valence-corrected chi connectivity index (χ1v) is 10.3. The number of carbonyl (C=O) groups excluding carboxylic acids is 1. The number of hydrogen-bond donors (Lipinski definition) is 0. The number of aryl methyl sites for hydroxylation is 1. The highest BCUT2D eigenvalue weighted by atomic mass is 16.6. The van der Waals surface area contributed by atoms with Crippen molar-refractivity contribution in [3.05, 3.63) is 99.9 Å². The molecule has 0 fully saturated rings. The maximum absolute atomic E-state index is 12.3. The van der Waals surface area contributed by atoms with E-state index in [1.54, 1.807) is 30.3 Å². The number of fused-ring (bicyclic) bond motifs is 1. The number of hydrogen-bond acceptors (Lipinski definition) is 6. The van der Waals surface area contributed by atoms with Crippen molar-refractivity contribution in [2.24, 2.45) is 0 Å². The lowest BCUT2D eigenvalue weighted by atomic mass is 10.1. The van der Waals surface area contributed by atoms with E-state index in [0.29, 0.717) is 22.8 Å². The molecule has 0 amide bonds. The Hall–Kier alpha value is -4.32. The third-order valence-electron chi connectivity index (χ3n) is 4.96. The molecule has 0 aliphatic heterocycles. The second-order valence-electron chi connectivity index (χ2n) is 7.32. The van der Waals surface area contributed by atoms with Gasteiger partial charge >= 0.3 is 11.6 Å². The first-order chi connectivity index (χ1) is 16.0. The van der Waals surface area contributed by atoms with Crippen LogP contribution in [-0.4, -0.2) is 19.7 Å². The van der Waals surface area contributed by atoms with E-state index >= 15 is 0 Å². The standard InChI is InChI=1S/C27H22O6/c1-18-14-26(28)33-24-16-21(11-12-22(18)24)31-17-27(29)32-23-13-10-20(15-25(23)30-2)9-8-19-6-4-3-5-7-19/h3-16H,17H2,1-2H3/b9-8+. The minimum atomic E-state index is -0.591. The minimum Gasteiger partial charge on any atom is -0.493 e. The molecule has 0 aliphatic rings. The lowest BCUT2D eigenvalue weighted by molar-refractivity contribution is -0.136. The van der Waals surface area contributed by atoms with Gasteiger partial charge in [0.05, 0.1) is 7.11 Å². The Kier molecular flexibility index (Phi) is 6.55. The maximum atomic E-state index is 12.3. The summed E-state index contributed by atoms with van der Waals surface area (Å²) in [7, 11) is 1.51. The molecule has 0 spiro atoms. The number of ether oxygens (including phenoxy) is 3. The van der Waals surface area contributed by atoms with Gasteiger partial charge in [0.15, 0.2) is 18.1 Å². The predicted molar refractivity (Wildman–Crippen MR) is 127 cm³/mol. The van der Waals surface area contributed by atoms with Gasteiger partial charge in [-0.15, -0.1) is 0 Å². The van der Waals surface area contributed by atoms with E-state index in [1.165, 1.54) is 13.2 Å². The first kappa shape index (κ1) is 21.9. The highest BCUT2D eigenvalue weighted by Gasteiger charge is 2.12. The van der Waals surface area contributed by atoms with Gasteiger partial charge in [-0.25, -0.2) is 9.59 Å². The van der Waals surface area contributed by atoms with Crippen molar-refractivity contribution in [3.63, 3.8) is 0 Å². The van der Waals surface area contributed by atoms with Crippen molar-refractivity contribution >= 4 is 29.1 Å². The van der Waals surface area contributed by atoms with Crippen molar-refractivity contribution in [2.75, 3.05) is 13.7 Å². The van der Waals surface area contributed by atoms with Crippen LogP contribution in [-0.2, 0) is 4.79 Å². The maximum Gasteiger partial charge on any atom is 0.349 e. The number of carbonyl (C=O) groups is 1. The zero-order valence-corrected chi connectivity index (χ0v) is 18.2. The fourth-order valence-electron chi connectivity index (χ4n) is 3.32. The molecule has 1 aromatic heterocycles. The van der Waals surface area contributed by atoms with Crippen molar-refractivity contribution in [3.8, 4) is 17.2 Å². The van der Waals surface area contributed by atoms with Gasteiger partial charge in [-0.1, -0.05) is 48.6 Å².